The van der Waals surface area contributed by atoms with Gasteiger partial charge in [0.25, 0.3) is 6.43 Å². The maximum Gasteiger partial charge on any atom is 0.364 e. The number of nitro groups is 1. The molecule has 1 rings (SSSR count). The number of carbonyl (C=O) groups is 1. The monoisotopic (exact) mass is 324 g/mol. The summed E-state index contributed by atoms with van der Waals surface area (Å²) >= 11 is 2.73. The first-order valence-electron chi connectivity index (χ1n) is 4.55. The molecule has 1 aromatic heterocycles. The van der Waals surface area contributed by atoms with Gasteiger partial charge in [-0.2, -0.15) is 0 Å². The standard InChI is InChI=1S/C9H7BrF2N2O4/c1-18-6(15)3-4-2-5(14(16)17)13-8(10)7(4)9(11)12/h2,9H,3H2,1H3. The highest BCUT2D eigenvalue weighted by atomic mass is 79.9. The first-order chi connectivity index (χ1) is 8.36. The smallest absolute Gasteiger partial charge is 0.364 e. The molecule has 1 heterocycles. The van der Waals surface area contributed by atoms with Gasteiger partial charge >= 0.3 is 11.8 Å². The number of hydrogen-bond acceptors (Lipinski definition) is 5. The van der Waals surface area contributed by atoms with Crippen LogP contribution in [0.15, 0.2) is 10.7 Å². The highest BCUT2D eigenvalue weighted by molar-refractivity contribution is 9.10. The van der Waals surface area contributed by atoms with E-state index in [1.165, 1.54) is 0 Å². The zero-order valence-electron chi connectivity index (χ0n) is 9.02. The molecule has 0 bridgehead atoms. The highest BCUT2D eigenvalue weighted by Crippen LogP contribution is 2.32. The molecular weight excluding hydrogens is 318 g/mol. The molecule has 0 amide bonds. The number of alkyl halides is 2. The Morgan fingerprint density at radius 1 is 1.67 bits per heavy atom. The summed E-state index contributed by atoms with van der Waals surface area (Å²) in [6.07, 6.45) is -3.40. The lowest BCUT2D eigenvalue weighted by molar-refractivity contribution is -0.389. The third kappa shape index (κ3) is 3.19. The number of esters is 1. The summed E-state index contributed by atoms with van der Waals surface area (Å²) in [4.78, 5) is 24.2. The van der Waals surface area contributed by atoms with Crippen LogP contribution >= 0.6 is 15.9 Å². The van der Waals surface area contributed by atoms with Crippen LogP contribution in [-0.4, -0.2) is 23.0 Å². The molecule has 1 aromatic rings. The zero-order chi connectivity index (χ0) is 13.9. The molecule has 18 heavy (non-hydrogen) atoms. The number of nitrogens with zero attached hydrogens (tertiary/aromatic N) is 2. The number of pyridine rings is 1. The lowest BCUT2D eigenvalue weighted by Gasteiger charge is -2.07. The number of ether oxygens (including phenoxy) is 1. The van der Waals surface area contributed by atoms with E-state index in [0.29, 0.717) is 0 Å². The van der Waals surface area contributed by atoms with Gasteiger partial charge in [-0.1, -0.05) is 0 Å². The average Bonchev–Trinajstić information content (AvgIpc) is 2.27. The van der Waals surface area contributed by atoms with Gasteiger partial charge in [-0.05, 0) is 15.5 Å². The van der Waals surface area contributed by atoms with Crippen LogP contribution in [0.1, 0.15) is 17.6 Å². The number of carbonyl (C=O) groups excluding carboxylic acids is 1. The molecular formula is C9H7BrF2N2O4. The summed E-state index contributed by atoms with van der Waals surface area (Å²) in [6, 6.07) is 0.836. The van der Waals surface area contributed by atoms with E-state index >= 15 is 0 Å². The van der Waals surface area contributed by atoms with Crippen LogP contribution in [0.3, 0.4) is 0 Å². The van der Waals surface area contributed by atoms with Crippen LogP contribution in [0.5, 0.6) is 0 Å². The van der Waals surface area contributed by atoms with Crippen molar-refractivity contribution in [3.05, 3.63) is 31.9 Å². The molecule has 0 fully saturated rings. The summed E-state index contributed by atoms with van der Waals surface area (Å²) in [6.45, 7) is 0. The molecule has 0 aromatic carbocycles. The van der Waals surface area contributed by atoms with Crippen LogP contribution < -0.4 is 0 Å². The third-order valence-electron chi connectivity index (χ3n) is 2.05. The first-order valence-corrected chi connectivity index (χ1v) is 5.34. The summed E-state index contributed by atoms with van der Waals surface area (Å²) in [5.41, 5.74) is -0.739. The van der Waals surface area contributed by atoms with Gasteiger partial charge in [0.1, 0.15) is 0 Å². The summed E-state index contributed by atoms with van der Waals surface area (Å²) in [5, 5.41) is 10.6. The number of aromatic nitrogens is 1. The Balaban J connectivity index is 3.33. The van der Waals surface area contributed by atoms with Gasteiger partial charge in [-0.15, -0.1) is 0 Å². The molecule has 0 aliphatic rings. The molecule has 0 unspecified atom stereocenters. The van der Waals surface area contributed by atoms with Crippen molar-refractivity contribution >= 4 is 27.7 Å². The van der Waals surface area contributed by atoms with E-state index in [-0.39, 0.29) is 10.2 Å². The lowest BCUT2D eigenvalue weighted by Crippen LogP contribution is -2.09. The molecule has 0 aliphatic carbocycles. The normalized spacial score (nSPS) is 10.5. The van der Waals surface area contributed by atoms with E-state index < -0.39 is 35.1 Å². The quantitative estimate of drug-likeness (QED) is 0.367. The van der Waals surface area contributed by atoms with Gasteiger partial charge in [0.05, 0.1) is 19.1 Å². The average molecular weight is 325 g/mol. The van der Waals surface area contributed by atoms with Crippen molar-refractivity contribution in [1.29, 1.82) is 0 Å². The fraction of sp³-hybridized carbons (Fsp3) is 0.333. The minimum atomic E-state index is -2.91. The molecule has 9 heteroatoms. The van der Waals surface area contributed by atoms with Crippen LogP contribution in [-0.2, 0) is 16.0 Å². The predicted molar refractivity (Wildman–Crippen MR) is 59.3 cm³/mol. The Hall–Kier alpha value is -1.64. The van der Waals surface area contributed by atoms with Crippen molar-refractivity contribution in [2.75, 3.05) is 7.11 Å². The van der Waals surface area contributed by atoms with Crippen LogP contribution in [0, 0.1) is 10.1 Å². The van der Waals surface area contributed by atoms with E-state index in [4.69, 9.17) is 0 Å². The molecule has 0 N–H and O–H groups in total. The van der Waals surface area contributed by atoms with Gasteiger partial charge in [-0.25, -0.2) is 8.78 Å². The van der Waals surface area contributed by atoms with Crippen molar-refractivity contribution in [1.82, 2.24) is 4.98 Å². The molecule has 6 nitrogen and oxygen atoms in total. The minimum absolute atomic E-state index is 0.189. The second-order valence-electron chi connectivity index (χ2n) is 3.15. The van der Waals surface area contributed by atoms with E-state index in [2.05, 4.69) is 25.7 Å². The Kier molecular flexibility index (Phi) is 4.65. The molecule has 0 spiro atoms. The molecule has 0 radical (unpaired) electrons. The van der Waals surface area contributed by atoms with Crippen molar-refractivity contribution in [2.45, 2.75) is 12.8 Å². The Morgan fingerprint density at radius 2 is 2.28 bits per heavy atom. The second kappa shape index (κ2) is 5.80. The number of rotatable bonds is 4. The van der Waals surface area contributed by atoms with Crippen LogP contribution in [0.2, 0.25) is 0 Å². The summed E-state index contributed by atoms with van der Waals surface area (Å²) in [5.74, 6) is -1.39. The minimum Gasteiger partial charge on any atom is -0.469 e. The van der Waals surface area contributed by atoms with Crippen molar-refractivity contribution in [3.8, 4) is 0 Å². The Labute approximate surface area is 108 Å². The number of hydrogen-bond donors (Lipinski definition) is 0. The van der Waals surface area contributed by atoms with Crippen LogP contribution in [0.25, 0.3) is 0 Å². The van der Waals surface area contributed by atoms with Crippen molar-refractivity contribution in [2.24, 2.45) is 0 Å². The van der Waals surface area contributed by atoms with Crippen molar-refractivity contribution < 1.29 is 23.2 Å². The SMILES string of the molecule is COC(=O)Cc1cc([N+](=O)[O-])nc(Br)c1C(F)F. The predicted octanol–water partition coefficient (Wildman–Crippen LogP) is 2.41. The molecule has 0 saturated carbocycles. The molecule has 0 atom stereocenters. The second-order valence-corrected chi connectivity index (χ2v) is 3.91. The molecule has 0 aliphatic heterocycles. The zero-order valence-corrected chi connectivity index (χ0v) is 10.6. The summed E-state index contributed by atoms with van der Waals surface area (Å²) < 4.78 is 29.6. The third-order valence-corrected chi connectivity index (χ3v) is 2.66. The van der Waals surface area contributed by atoms with Crippen LogP contribution in [0.4, 0.5) is 14.6 Å². The summed E-state index contributed by atoms with van der Waals surface area (Å²) in [7, 11) is 1.09. The van der Waals surface area contributed by atoms with E-state index in [9.17, 15) is 23.7 Å². The van der Waals surface area contributed by atoms with E-state index in [1.54, 1.807) is 0 Å². The fourth-order valence-electron chi connectivity index (χ4n) is 1.26. The van der Waals surface area contributed by atoms with Gasteiger partial charge in [0, 0.05) is 22.0 Å². The highest BCUT2D eigenvalue weighted by Gasteiger charge is 2.26. The maximum absolute atomic E-state index is 12.8. The number of methoxy groups -OCH3 is 1. The van der Waals surface area contributed by atoms with Gasteiger partial charge in [0.15, 0.2) is 0 Å². The molecule has 0 saturated heterocycles. The van der Waals surface area contributed by atoms with Gasteiger partial charge < -0.3 is 14.9 Å². The van der Waals surface area contributed by atoms with Gasteiger partial charge in [0.2, 0.25) is 4.60 Å². The Bertz CT molecular complexity index is 496. The number of halogens is 3. The topological polar surface area (TPSA) is 82.3 Å². The maximum atomic E-state index is 12.8. The van der Waals surface area contributed by atoms with Gasteiger partial charge in [-0.3, -0.25) is 4.79 Å². The largest absolute Gasteiger partial charge is 0.469 e. The first kappa shape index (κ1) is 14.4. The van der Waals surface area contributed by atoms with Crippen molar-refractivity contribution in [3.63, 3.8) is 0 Å². The van der Waals surface area contributed by atoms with E-state index in [1.807, 2.05) is 0 Å². The molecule has 98 valence electrons. The Morgan fingerprint density at radius 3 is 2.72 bits per heavy atom. The lowest BCUT2D eigenvalue weighted by atomic mass is 10.1. The fourth-order valence-corrected chi connectivity index (χ4v) is 1.87. The van der Waals surface area contributed by atoms with E-state index in [0.717, 1.165) is 13.2 Å².